The first-order chi connectivity index (χ1) is 8.88. The Balaban J connectivity index is 2.22. The van der Waals surface area contributed by atoms with Gasteiger partial charge in [0.25, 0.3) is 0 Å². The molecule has 2 N–H and O–H groups in total. The van der Waals surface area contributed by atoms with Crippen LogP contribution < -0.4 is 10.6 Å². The lowest BCUT2D eigenvalue weighted by atomic mass is 9.68. The molecule has 1 saturated carbocycles. The third-order valence-corrected chi connectivity index (χ3v) is 5.01. The summed E-state index contributed by atoms with van der Waals surface area (Å²) >= 11 is 0. The minimum absolute atomic E-state index is 0.142. The van der Waals surface area contributed by atoms with E-state index in [-0.39, 0.29) is 5.54 Å². The van der Waals surface area contributed by atoms with Gasteiger partial charge in [0.05, 0.1) is 5.54 Å². The van der Waals surface area contributed by atoms with Crippen LogP contribution in [-0.4, -0.2) is 19.1 Å². The summed E-state index contributed by atoms with van der Waals surface area (Å²) in [5.74, 6) is 0. The van der Waals surface area contributed by atoms with Crippen molar-refractivity contribution in [3.8, 4) is 0 Å². The number of anilines is 1. The van der Waals surface area contributed by atoms with Crippen LogP contribution in [-0.2, 0) is 0 Å². The van der Waals surface area contributed by atoms with Gasteiger partial charge >= 0.3 is 0 Å². The van der Waals surface area contributed by atoms with E-state index < -0.39 is 0 Å². The molecule has 0 amide bonds. The van der Waals surface area contributed by atoms with E-state index in [1.807, 2.05) is 0 Å². The Hall–Kier alpha value is -1.02. The van der Waals surface area contributed by atoms with Gasteiger partial charge in [0.2, 0.25) is 0 Å². The molecule has 0 spiro atoms. The Labute approximate surface area is 118 Å². The predicted octanol–water partition coefficient (Wildman–Crippen LogP) is 3.73. The number of nitrogens with two attached hydrogens (primary N) is 1. The fourth-order valence-electron chi connectivity index (χ4n) is 3.18. The topological polar surface area (TPSA) is 29.3 Å². The highest BCUT2D eigenvalue weighted by atomic mass is 15.2. The van der Waals surface area contributed by atoms with Crippen LogP contribution in [0.2, 0.25) is 0 Å². The summed E-state index contributed by atoms with van der Waals surface area (Å²) < 4.78 is 0. The maximum Gasteiger partial charge on any atom is 0.0521 e. The Morgan fingerprint density at radius 3 is 2.32 bits per heavy atom. The van der Waals surface area contributed by atoms with Crippen molar-refractivity contribution in [3.63, 3.8) is 0 Å². The molecule has 0 aliphatic heterocycles. The summed E-state index contributed by atoms with van der Waals surface area (Å²) in [6.07, 6.45) is 4.92. The average Bonchev–Trinajstić information content (AvgIpc) is 2.39. The number of hydrogen-bond acceptors (Lipinski definition) is 2. The second-order valence-electron chi connectivity index (χ2n) is 6.99. The van der Waals surface area contributed by atoms with E-state index in [0.717, 1.165) is 6.54 Å². The molecule has 1 aromatic carbocycles. The van der Waals surface area contributed by atoms with Crippen LogP contribution in [0.5, 0.6) is 0 Å². The summed E-state index contributed by atoms with van der Waals surface area (Å²) in [5.41, 5.74) is 9.39. The van der Waals surface area contributed by atoms with E-state index >= 15 is 0 Å². The van der Waals surface area contributed by atoms with E-state index in [2.05, 4.69) is 57.0 Å². The molecule has 2 heteroatoms. The van der Waals surface area contributed by atoms with Gasteiger partial charge in [-0.3, -0.25) is 0 Å². The molecule has 1 aromatic rings. The number of benzene rings is 1. The number of rotatable bonds is 3. The minimum atomic E-state index is 0.142. The fraction of sp³-hybridized carbons (Fsp3) is 0.647. The standard InChI is InChI=1S/C17H28N2/c1-14-6-5-7-15(12-14)19(4)17(13-18)10-8-16(2,3)9-11-17/h5-7,12H,8-11,13,18H2,1-4H3. The van der Waals surface area contributed by atoms with Crippen LogP contribution in [0.15, 0.2) is 24.3 Å². The molecule has 106 valence electrons. The van der Waals surface area contributed by atoms with E-state index in [1.54, 1.807) is 0 Å². The largest absolute Gasteiger partial charge is 0.368 e. The molecule has 2 rings (SSSR count). The maximum absolute atomic E-state index is 6.16. The van der Waals surface area contributed by atoms with Crippen molar-refractivity contribution in [2.24, 2.45) is 11.1 Å². The molecule has 0 heterocycles. The van der Waals surface area contributed by atoms with Crippen LogP contribution in [0.1, 0.15) is 45.1 Å². The molecule has 0 unspecified atom stereocenters. The SMILES string of the molecule is Cc1cccc(N(C)C2(CN)CCC(C)(C)CC2)c1. The summed E-state index contributed by atoms with van der Waals surface area (Å²) in [4.78, 5) is 2.43. The van der Waals surface area contributed by atoms with Gasteiger partial charge < -0.3 is 10.6 Å². The fourth-order valence-corrected chi connectivity index (χ4v) is 3.18. The quantitative estimate of drug-likeness (QED) is 0.897. The number of likely N-dealkylation sites (N-methyl/N-ethyl adjacent to an activating group) is 1. The second-order valence-corrected chi connectivity index (χ2v) is 6.99. The maximum atomic E-state index is 6.16. The molecule has 1 aliphatic rings. The summed E-state index contributed by atoms with van der Waals surface area (Å²) in [6, 6.07) is 8.75. The lowest BCUT2D eigenvalue weighted by molar-refractivity contribution is 0.165. The number of aryl methyl sites for hydroxylation is 1. The zero-order valence-corrected chi connectivity index (χ0v) is 12.9. The van der Waals surface area contributed by atoms with Crippen LogP contribution in [0.4, 0.5) is 5.69 Å². The zero-order chi connectivity index (χ0) is 14.1. The van der Waals surface area contributed by atoms with Gasteiger partial charge in [0.15, 0.2) is 0 Å². The van der Waals surface area contributed by atoms with Gasteiger partial charge in [-0.15, -0.1) is 0 Å². The van der Waals surface area contributed by atoms with Crippen molar-refractivity contribution in [2.75, 3.05) is 18.5 Å². The molecule has 0 saturated heterocycles. The third kappa shape index (κ3) is 2.94. The molecule has 0 aromatic heterocycles. The molecule has 2 nitrogen and oxygen atoms in total. The second kappa shape index (κ2) is 5.16. The molecular weight excluding hydrogens is 232 g/mol. The molecular formula is C17H28N2. The van der Waals surface area contributed by atoms with E-state index in [0.29, 0.717) is 5.41 Å². The normalized spacial score (nSPS) is 21.1. The molecule has 1 fully saturated rings. The highest BCUT2D eigenvalue weighted by Crippen LogP contribution is 2.43. The Kier molecular flexibility index (Phi) is 3.91. The number of nitrogens with zero attached hydrogens (tertiary/aromatic N) is 1. The Bertz CT molecular complexity index is 427. The van der Waals surface area contributed by atoms with Gasteiger partial charge in [-0.05, 0) is 55.7 Å². The lowest BCUT2D eigenvalue weighted by Crippen LogP contribution is -2.55. The molecule has 0 atom stereocenters. The highest BCUT2D eigenvalue weighted by Gasteiger charge is 2.40. The first-order valence-corrected chi connectivity index (χ1v) is 7.39. The zero-order valence-electron chi connectivity index (χ0n) is 12.9. The van der Waals surface area contributed by atoms with Crippen molar-refractivity contribution in [1.29, 1.82) is 0 Å². The van der Waals surface area contributed by atoms with Crippen LogP contribution in [0.3, 0.4) is 0 Å². The summed E-state index contributed by atoms with van der Waals surface area (Å²) in [6.45, 7) is 7.64. The highest BCUT2D eigenvalue weighted by molar-refractivity contribution is 5.50. The molecule has 0 radical (unpaired) electrons. The van der Waals surface area contributed by atoms with Gasteiger partial charge in [-0.1, -0.05) is 26.0 Å². The third-order valence-electron chi connectivity index (χ3n) is 5.01. The first-order valence-electron chi connectivity index (χ1n) is 7.39. The van der Waals surface area contributed by atoms with Crippen molar-refractivity contribution in [1.82, 2.24) is 0 Å². The van der Waals surface area contributed by atoms with E-state index in [1.165, 1.54) is 36.9 Å². The van der Waals surface area contributed by atoms with E-state index in [4.69, 9.17) is 5.73 Å². The smallest absolute Gasteiger partial charge is 0.0521 e. The van der Waals surface area contributed by atoms with E-state index in [9.17, 15) is 0 Å². The average molecular weight is 260 g/mol. The minimum Gasteiger partial charge on any atom is -0.368 e. The van der Waals surface area contributed by atoms with Crippen molar-refractivity contribution in [3.05, 3.63) is 29.8 Å². The van der Waals surface area contributed by atoms with Crippen LogP contribution >= 0.6 is 0 Å². The van der Waals surface area contributed by atoms with Gasteiger partial charge in [0, 0.05) is 19.3 Å². The molecule has 19 heavy (non-hydrogen) atoms. The van der Waals surface area contributed by atoms with Crippen molar-refractivity contribution >= 4 is 5.69 Å². The predicted molar refractivity (Wildman–Crippen MR) is 83.6 cm³/mol. The van der Waals surface area contributed by atoms with Crippen molar-refractivity contribution in [2.45, 2.75) is 52.0 Å². The van der Waals surface area contributed by atoms with Crippen LogP contribution in [0, 0.1) is 12.3 Å². The molecule has 0 bridgehead atoms. The lowest BCUT2D eigenvalue weighted by Gasteiger charge is -2.49. The number of hydrogen-bond donors (Lipinski definition) is 1. The van der Waals surface area contributed by atoms with Gasteiger partial charge in [-0.25, -0.2) is 0 Å². The first kappa shape index (κ1) is 14.4. The Morgan fingerprint density at radius 1 is 1.16 bits per heavy atom. The van der Waals surface area contributed by atoms with Gasteiger partial charge in [0.1, 0.15) is 0 Å². The molecule has 1 aliphatic carbocycles. The summed E-state index contributed by atoms with van der Waals surface area (Å²) in [7, 11) is 2.21. The monoisotopic (exact) mass is 260 g/mol. The Morgan fingerprint density at radius 2 is 1.79 bits per heavy atom. The summed E-state index contributed by atoms with van der Waals surface area (Å²) in [5, 5.41) is 0. The van der Waals surface area contributed by atoms with Gasteiger partial charge in [-0.2, -0.15) is 0 Å². The van der Waals surface area contributed by atoms with Crippen molar-refractivity contribution < 1.29 is 0 Å². The van der Waals surface area contributed by atoms with Crippen LogP contribution in [0.25, 0.3) is 0 Å².